The zero-order chi connectivity index (χ0) is 11.6. The van der Waals surface area contributed by atoms with Gasteiger partial charge in [0.25, 0.3) is 0 Å². The molecule has 1 amide bonds. The standard InChI is InChI=1S/C11H22N2O2/c1-5-8(2)13-7-11(3,4)12-10(15)9(13)6-14/h8-9,14H,5-7H2,1-4H3,(H,12,15). The first kappa shape index (κ1) is 12.5. The largest absolute Gasteiger partial charge is 0.394 e. The highest BCUT2D eigenvalue weighted by atomic mass is 16.3. The van der Waals surface area contributed by atoms with E-state index in [0.717, 1.165) is 13.0 Å². The van der Waals surface area contributed by atoms with Crippen molar-refractivity contribution in [3.05, 3.63) is 0 Å². The smallest absolute Gasteiger partial charge is 0.240 e. The normalized spacial score (nSPS) is 28.6. The molecule has 2 N–H and O–H groups in total. The fourth-order valence-corrected chi connectivity index (χ4v) is 2.06. The van der Waals surface area contributed by atoms with E-state index >= 15 is 0 Å². The quantitative estimate of drug-likeness (QED) is 0.713. The summed E-state index contributed by atoms with van der Waals surface area (Å²) in [7, 11) is 0. The summed E-state index contributed by atoms with van der Waals surface area (Å²) in [6.45, 7) is 8.89. The Morgan fingerprint density at radius 2 is 2.27 bits per heavy atom. The molecule has 15 heavy (non-hydrogen) atoms. The van der Waals surface area contributed by atoms with Gasteiger partial charge in [0.1, 0.15) is 6.04 Å². The van der Waals surface area contributed by atoms with Gasteiger partial charge in [-0.2, -0.15) is 0 Å². The van der Waals surface area contributed by atoms with E-state index in [0.29, 0.717) is 6.04 Å². The molecule has 4 heteroatoms. The van der Waals surface area contributed by atoms with Crippen molar-refractivity contribution in [1.29, 1.82) is 0 Å². The van der Waals surface area contributed by atoms with Crippen LogP contribution >= 0.6 is 0 Å². The van der Waals surface area contributed by atoms with Crippen LogP contribution in [-0.2, 0) is 4.79 Å². The fourth-order valence-electron chi connectivity index (χ4n) is 2.06. The van der Waals surface area contributed by atoms with Crippen LogP contribution in [-0.4, -0.2) is 46.7 Å². The highest BCUT2D eigenvalue weighted by Gasteiger charge is 2.39. The summed E-state index contributed by atoms with van der Waals surface area (Å²) in [4.78, 5) is 13.9. The van der Waals surface area contributed by atoms with Gasteiger partial charge in [-0.3, -0.25) is 9.69 Å². The number of amides is 1. The van der Waals surface area contributed by atoms with Crippen LogP contribution in [0.3, 0.4) is 0 Å². The molecule has 1 saturated heterocycles. The number of carbonyl (C=O) groups excluding carboxylic acids is 1. The van der Waals surface area contributed by atoms with Crippen LogP contribution in [0.4, 0.5) is 0 Å². The van der Waals surface area contributed by atoms with Gasteiger partial charge in [0, 0.05) is 18.1 Å². The summed E-state index contributed by atoms with van der Waals surface area (Å²) in [5.41, 5.74) is -0.202. The zero-order valence-corrected chi connectivity index (χ0v) is 10.1. The molecule has 0 bridgehead atoms. The number of carbonyl (C=O) groups is 1. The van der Waals surface area contributed by atoms with Gasteiger partial charge in [-0.25, -0.2) is 0 Å². The molecule has 1 aliphatic heterocycles. The number of rotatable bonds is 3. The summed E-state index contributed by atoms with van der Waals surface area (Å²) in [5.74, 6) is -0.0611. The van der Waals surface area contributed by atoms with Gasteiger partial charge in [-0.15, -0.1) is 0 Å². The molecule has 2 atom stereocenters. The van der Waals surface area contributed by atoms with Gasteiger partial charge < -0.3 is 10.4 Å². The molecule has 1 heterocycles. The predicted molar refractivity (Wildman–Crippen MR) is 59.6 cm³/mol. The Morgan fingerprint density at radius 1 is 1.67 bits per heavy atom. The van der Waals surface area contributed by atoms with E-state index in [1.807, 2.05) is 13.8 Å². The summed E-state index contributed by atoms with van der Waals surface area (Å²) in [6, 6.07) is -0.0551. The van der Waals surface area contributed by atoms with Crippen molar-refractivity contribution >= 4 is 5.91 Å². The van der Waals surface area contributed by atoms with Gasteiger partial charge in [0.05, 0.1) is 6.61 Å². The molecule has 1 fully saturated rings. The van der Waals surface area contributed by atoms with Crippen molar-refractivity contribution in [3.63, 3.8) is 0 Å². The lowest BCUT2D eigenvalue weighted by molar-refractivity contribution is -0.136. The number of aliphatic hydroxyl groups excluding tert-OH is 1. The molecule has 0 aromatic heterocycles. The average molecular weight is 214 g/mol. The van der Waals surface area contributed by atoms with E-state index in [4.69, 9.17) is 0 Å². The number of aliphatic hydroxyl groups is 1. The minimum absolute atomic E-state index is 0.0611. The molecule has 1 rings (SSSR count). The average Bonchev–Trinajstić information content (AvgIpc) is 2.14. The van der Waals surface area contributed by atoms with E-state index in [9.17, 15) is 9.90 Å². The number of hydrogen-bond donors (Lipinski definition) is 2. The molecule has 2 unspecified atom stereocenters. The molecule has 4 nitrogen and oxygen atoms in total. The van der Waals surface area contributed by atoms with E-state index in [1.165, 1.54) is 0 Å². The minimum Gasteiger partial charge on any atom is -0.394 e. The van der Waals surface area contributed by atoms with Gasteiger partial charge >= 0.3 is 0 Å². The Labute approximate surface area is 91.6 Å². The van der Waals surface area contributed by atoms with Crippen molar-refractivity contribution < 1.29 is 9.90 Å². The first-order chi connectivity index (χ1) is 6.91. The number of piperazine rings is 1. The Morgan fingerprint density at radius 3 is 2.73 bits per heavy atom. The fraction of sp³-hybridized carbons (Fsp3) is 0.909. The third kappa shape index (κ3) is 2.69. The highest BCUT2D eigenvalue weighted by Crippen LogP contribution is 2.19. The first-order valence-electron chi connectivity index (χ1n) is 5.60. The van der Waals surface area contributed by atoms with Crippen LogP contribution in [0.2, 0.25) is 0 Å². The van der Waals surface area contributed by atoms with Crippen molar-refractivity contribution in [2.75, 3.05) is 13.2 Å². The van der Waals surface area contributed by atoms with Crippen LogP contribution in [0.15, 0.2) is 0 Å². The maximum absolute atomic E-state index is 11.8. The second-order valence-electron chi connectivity index (χ2n) is 5.00. The van der Waals surface area contributed by atoms with Crippen LogP contribution in [0, 0.1) is 0 Å². The van der Waals surface area contributed by atoms with Gasteiger partial charge in [-0.1, -0.05) is 6.92 Å². The van der Waals surface area contributed by atoms with Crippen LogP contribution in [0.5, 0.6) is 0 Å². The van der Waals surface area contributed by atoms with Crippen molar-refractivity contribution in [2.45, 2.75) is 51.7 Å². The van der Waals surface area contributed by atoms with E-state index < -0.39 is 0 Å². The number of hydrogen-bond acceptors (Lipinski definition) is 3. The van der Waals surface area contributed by atoms with E-state index in [1.54, 1.807) is 0 Å². The first-order valence-corrected chi connectivity index (χ1v) is 5.60. The lowest BCUT2D eigenvalue weighted by Gasteiger charge is -2.45. The Kier molecular flexibility index (Phi) is 3.73. The SMILES string of the molecule is CCC(C)N1CC(C)(C)NC(=O)C1CO. The third-order valence-corrected chi connectivity index (χ3v) is 3.07. The summed E-state index contributed by atoms with van der Waals surface area (Å²) < 4.78 is 0. The lowest BCUT2D eigenvalue weighted by Crippen LogP contribution is -2.67. The van der Waals surface area contributed by atoms with Crippen molar-refractivity contribution in [3.8, 4) is 0 Å². The molecule has 0 spiro atoms. The molecule has 0 aromatic rings. The van der Waals surface area contributed by atoms with Crippen LogP contribution in [0.25, 0.3) is 0 Å². The molecular formula is C11H22N2O2. The van der Waals surface area contributed by atoms with E-state index in [-0.39, 0.29) is 24.1 Å². The Balaban J connectivity index is 2.84. The van der Waals surface area contributed by atoms with Crippen LogP contribution in [0.1, 0.15) is 34.1 Å². The Hall–Kier alpha value is -0.610. The zero-order valence-electron chi connectivity index (χ0n) is 10.1. The third-order valence-electron chi connectivity index (χ3n) is 3.07. The topological polar surface area (TPSA) is 52.6 Å². The highest BCUT2D eigenvalue weighted by molar-refractivity contribution is 5.83. The monoisotopic (exact) mass is 214 g/mol. The van der Waals surface area contributed by atoms with Crippen LogP contribution < -0.4 is 5.32 Å². The molecule has 1 aliphatic rings. The van der Waals surface area contributed by atoms with E-state index in [2.05, 4.69) is 24.1 Å². The van der Waals surface area contributed by atoms with Gasteiger partial charge in [0.2, 0.25) is 5.91 Å². The Bertz CT molecular complexity index is 241. The molecule has 0 aliphatic carbocycles. The maximum atomic E-state index is 11.8. The minimum atomic E-state index is -0.382. The molecule has 0 radical (unpaired) electrons. The second kappa shape index (κ2) is 4.49. The predicted octanol–water partition coefficient (Wildman–Crippen LogP) is 0.356. The number of nitrogens with zero attached hydrogens (tertiary/aromatic N) is 1. The molecule has 88 valence electrons. The second-order valence-corrected chi connectivity index (χ2v) is 5.00. The molecular weight excluding hydrogens is 192 g/mol. The summed E-state index contributed by atoms with van der Waals surface area (Å²) in [5, 5.41) is 12.2. The molecule has 0 aromatic carbocycles. The summed E-state index contributed by atoms with van der Waals surface area (Å²) in [6.07, 6.45) is 0.986. The maximum Gasteiger partial charge on any atom is 0.240 e. The number of nitrogens with one attached hydrogen (secondary N) is 1. The van der Waals surface area contributed by atoms with Gasteiger partial charge in [-0.05, 0) is 27.2 Å². The van der Waals surface area contributed by atoms with Crippen molar-refractivity contribution in [1.82, 2.24) is 10.2 Å². The van der Waals surface area contributed by atoms with Crippen molar-refractivity contribution in [2.24, 2.45) is 0 Å². The lowest BCUT2D eigenvalue weighted by atomic mass is 9.96. The summed E-state index contributed by atoms with van der Waals surface area (Å²) >= 11 is 0. The van der Waals surface area contributed by atoms with Gasteiger partial charge in [0.15, 0.2) is 0 Å². The molecule has 0 saturated carbocycles.